The first kappa shape index (κ1) is 22.8. The standard InChI is InChI=1S/C25H26N4O3S/c1-28(29-20-10-3-5-12-22(20)33-23-13-6-4-11-21(23)29)17-25(31)26-16-19-9-7-8-18(14-19)15-24(30)27-32-2/h3-14H,15-17H2,1-2H3,(H,26,31)(H,27,30). The summed E-state index contributed by atoms with van der Waals surface area (Å²) < 4.78 is 0. The lowest BCUT2D eigenvalue weighted by atomic mass is 10.1. The van der Waals surface area contributed by atoms with Crippen LogP contribution >= 0.6 is 11.8 Å². The minimum atomic E-state index is -0.222. The lowest BCUT2D eigenvalue weighted by Gasteiger charge is -2.38. The maximum atomic E-state index is 12.8. The number of carbonyl (C=O) groups is 2. The summed E-state index contributed by atoms with van der Waals surface area (Å²) in [4.78, 5) is 31.4. The number of hydroxylamine groups is 1. The molecule has 0 radical (unpaired) electrons. The van der Waals surface area contributed by atoms with Gasteiger partial charge in [0, 0.05) is 23.4 Å². The Kier molecular flexibility index (Phi) is 7.29. The average Bonchev–Trinajstić information content (AvgIpc) is 2.81. The first-order chi connectivity index (χ1) is 16.0. The first-order valence-corrected chi connectivity index (χ1v) is 11.4. The molecule has 170 valence electrons. The van der Waals surface area contributed by atoms with Gasteiger partial charge < -0.3 is 5.32 Å². The van der Waals surface area contributed by atoms with Crippen LogP contribution in [0.2, 0.25) is 0 Å². The van der Waals surface area contributed by atoms with Gasteiger partial charge in [0.25, 0.3) is 0 Å². The van der Waals surface area contributed by atoms with E-state index in [1.807, 2.05) is 60.6 Å². The Balaban J connectivity index is 1.41. The summed E-state index contributed by atoms with van der Waals surface area (Å²) >= 11 is 1.73. The SMILES string of the molecule is CONC(=O)Cc1cccc(CNC(=O)CN(C)N2c3ccccc3Sc3ccccc32)c1. The van der Waals surface area contributed by atoms with Gasteiger partial charge in [0.2, 0.25) is 11.8 Å². The molecule has 0 unspecified atom stereocenters. The van der Waals surface area contributed by atoms with Crippen LogP contribution in [-0.2, 0) is 27.4 Å². The van der Waals surface area contributed by atoms with Gasteiger partial charge in [-0.3, -0.25) is 19.4 Å². The maximum Gasteiger partial charge on any atom is 0.247 e. The Labute approximate surface area is 197 Å². The summed E-state index contributed by atoms with van der Waals surface area (Å²) in [6, 6.07) is 24.0. The monoisotopic (exact) mass is 462 g/mol. The number of nitrogens with one attached hydrogen (secondary N) is 2. The maximum absolute atomic E-state index is 12.8. The van der Waals surface area contributed by atoms with E-state index in [2.05, 4.69) is 44.9 Å². The molecule has 3 aromatic carbocycles. The molecule has 2 N–H and O–H groups in total. The molecule has 0 saturated carbocycles. The van der Waals surface area contributed by atoms with E-state index < -0.39 is 0 Å². The van der Waals surface area contributed by atoms with Crippen molar-refractivity contribution in [3.05, 3.63) is 83.9 Å². The number of anilines is 2. The molecule has 0 aromatic heterocycles. The number of benzene rings is 3. The third kappa shape index (κ3) is 5.54. The number of amides is 2. The van der Waals surface area contributed by atoms with Crippen LogP contribution in [-0.4, -0.2) is 37.5 Å². The van der Waals surface area contributed by atoms with Gasteiger partial charge in [-0.1, -0.05) is 60.3 Å². The molecule has 3 aromatic rings. The van der Waals surface area contributed by atoms with Crippen molar-refractivity contribution in [2.75, 3.05) is 25.7 Å². The molecule has 0 fully saturated rings. The fraction of sp³-hybridized carbons (Fsp3) is 0.200. The summed E-state index contributed by atoms with van der Waals surface area (Å²) in [7, 11) is 3.32. The number of hydrogen-bond donors (Lipinski definition) is 2. The number of likely N-dealkylation sites (N-methyl/N-ethyl adjacent to an activating group) is 1. The quantitative estimate of drug-likeness (QED) is 0.498. The highest BCUT2D eigenvalue weighted by molar-refractivity contribution is 7.99. The van der Waals surface area contributed by atoms with Gasteiger partial charge in [0.05, 0.1) is 31.5 Å². The minimum Gasteiger partial charge on any atom is -0.351 e. The second-order valence-electron chi connectivity index (χ2n) is 7.67. The fourth-order valence-electron chi connectivity index (χ4n) is 3.77. The van der Waals surface area contributed by atoms with Gasteiger partial charge in [0.15, 0.2) is 0 Å². The molecule has 0 bridgehead atoms. The minimum absolute atomic E-state index is 0.0896. The van der Waals surface area contributed by atoms with Crippen LogP contribution in [0, 0.1) is 0 Å². The van der Waals surface area contributed by atoms with Crippen LogP contribution in [0.5, 0.6) is 0 Å². The van der Waals surface area contributed by atoms with Crippen molar-refractivity contribution in [2.24, 2.45) is 0 Å². The Bertz CT molecular complexity index is 1110. The van der Waals surface area contributed by atoms with Crippen molar-refractivity contribution in [3.63, 3.8) is 0 Å². The van der Waals surface area contributed by atoms with Crippen molar-refractivity contribution < 1.29 is 14.4 Å². The molecule has 33 heavy (non-hydrogen) atoms. The van der Waals surface area contributed by atoms with E-state index in [0.29, 0.717) is 6.54 Å². The molecule has 0 saturated heterocycles. The third-order valence-electron chi connectivity index (χ3n) is 5.18. The van der Waals surface area contributed by atoms with E-state index in [9.17, 15) is 9.59 Å². The largest absolute Gasteiger partial charge is 0.351 e. The van der Waals surface area contributed by atoms with Crippen molar-refractivity contribution in [3.8, 4) is 0 Å². The zero-order valence-corrected chi connectivity index (χ0v) is 19.4. The number of hydrazine groups is 1. The van der Waals surface area contributed by atoms with Crippen molar-refractivity contribution in [1.82, 2.24) is 15.8 Å². The topological polar surface area (TPSA) is 73.9 Å². The van der Waals surface area contributed by atoms with E-state index in [1.165, 1.54) is 7.11 Å². The molecule has 1 aliphatic heterocycles. The van der Waals surface area contributed by atoms with E-state index >= 15 is 0 Å². The predicted octanol–water partition coefficient (Wildman–Crippen LogP) is 3.67. The first-order valence-electron chi connectivity index (χ1n) is 10.6. The van der Waals surface area contributed by atoms with Crippen molar-refractivity contribution in [2.45, 2.75) is 22.8 Å². The normalized spacial score (nSPS) is 12.2. The number of rotatable bonds is 8. The highest BCUT2D eigenvalue weighted by Crippen LogP contribution is 2.48. The van der Waals surface area contributed by atoms with Gasteiger partial charge in [-0.15, -0.1) is 0 Å². The average molecular weight is 463 g/mol. The third-order valence-corrected chi connectivity index (χ3v) is 6.31. The predicted molar refractivity (Wildman–Crippen MR) is 129 cm³/mol. The van der Waals surface area contributed by atoms with Gasteiger partial charge in [-0.25, -0.2) is 10.5 Å². The zero-order valence-electron chi connectivity index (χ0n) is 18.6. The van der Waals surface area contributed by atoms with Crippen LogP contribution in [0.15, 0.2) is 82.6 Å². The second-order valence-corrected chi connectivity index (χ2v) is 8.75. The summed E-state index contributed by atoms with van der Waals surface area (Å²) in [6.07, 6.45) is 0.212. The molecular weight excluding hydrogens is 436 g/mol. The Morgan fingerprint density at radius 3 is 2.21 bits per heavy atom. The number of fused-ring (bicyclic) bond motifs is 2. The van der Waals surface area contributed by atoms with Crippen molar-refractivity contribution in [1.29, 1.82) is 0 Å². The van der Waals surface area contributed by atoms with E-state index in [0.717, 1.165) is 32.3 Å². The van der Waals surface area contributed by atoms with Gasteiger partial charge in [-0.05, 0) is 35.4 Å². The number of para-hydroxylation sites is 2. The molecule has 1 aliphatic rings. The molecule has 0 aliphatic carbocycles. The van der Waals surface area contributed by atoms with Crippen LogP contribution in [0.4, 0.5) is 11.4 Å². The lowest BCUT2D eigenvalue weighted by Crippen LogP contribution is -2.44. The summed E-state index contributed by atoms with van der Waals surface area (Å²) in [5.41, 5.74) is 6.20. The second kappa shape index (κ2) is 10.5. The van der Waals surface area contributed by atoms with E-state index in [-0.39, 0.29) is 24.8 Å². The smallest absolute Gasteiger partial charge is 0.247 e. The molecule has 0 spiro atoms. The number of carbonyl (C=O) groups excluding carboxylic acids is 2. The van der Waals surface area contributed by atoms with Crippen LogP contribution in [0.25, 0.3) is 0 Å². The highest BCUT2D eigenvalue weighted by Gasteiger charge is 2.26. The fourth-order valence-corrected chi connectivity index (χ4v) is 4.82. The molecular formula is C25H26N4O3S. The molecule has 7 nitrogen and oxygen atoms in total. The zero-order chi connectivity index (χ0) is 23.2. The molecule has 8 heteroatoms. The lowest BCUT2D eigenvalue weighted by molar-refractivity contribution is -0.130. The van der Waals surface area contributed by atoms with Crippen molar-refractivity contribution >= 4 is 35.0 Å². The summed E-state index contributed by atoms with van der Waals surface area (Å²) in [5.74, 6) is -0.311. The molecule has 0 atom stereocenters. The summed E-state index contributed by atoms with van der Waals surface area (Å²) in [6.45, 7) is 0.582. The molecule has 2 amide bonds. The Hall–Kier alpha value is -3.33. The number of hydrogen-bond acceptors (Lipinski definition) is 6. The highest BCUT2D eigenvalue weighted by atomic mass is 32.2. The Morgan fingerprint density at radius 2 is 1.55 bits per heavy atom. The van der Waals surface area contributed by atoms with Gasteiger partial charge in [-0.2, -0.15) is 0 Å². The van der Waals surface area contributed by atoms with E-state index in [1.54, 1.807) is 11.8 Å². The van der Waals surface area contributed by atoms with Crippen LogP contribution in [0.3, 0.4) is 0 Å². The summed E-state index contributed by atoms with van der Waals surface area (Å²) in [5, 5.41) is 7.01. The number of nitrogens with zero attached hydrogens (tertiary/aromatic N) is 2. The Morgan fingerprint density at radius 1 is 0.909 bits per heavy atom. The van der Waals surface area contributed by atoms with Crippen LogP contribution in [0.1, 0.15) is 11.1 Å². The van der Waals surface area contributed by atoms with Gasteiger partial charge in [0.1, 0.15) is 0 Å². The molecule has 4 rings (SSSR count). The van der Waals surface area contributed by atoms with E-state index in [4.69, 9.17) is 0 Å². The molecule has 1 heterocycles. The van der Waals surface area contributed by atoms with Crippen LogP contribution < -0.4 is 15.8 Å². The van der Waals surface area contributed by atoms with Gasteiger partial charge >= 0.3 is 0 Å².